The van der Waals surface area contributed by atoms with Gasteiger partial charge in [-0.05, 0) is 46.9 Å². The highest BCUT2D eigenvalue weighted by Crippen LogP contribution is 2.12. The molecular formula is C14H13IN2O4S. The highest BCUT2D eigenvalue weighted by atomic mass is 127. The molecule has 0 saturated heterocycles. The van der Waals surface area contributed by atoms with E-state index in [9.17, 15) is 9.59 Å². The molecule has 0 atom stereocenters. The van der Waals surface area contributed by atoms with Gasteiger partial charge in [0.05, 0.1) is 6.61 Å². The molecule has 2 rings (SSSR count). The van der Waals surface area contributed by atoms with Crippen molar-refractivity contribution in [2.24, 2.45) is 0 Å². The second kappa shape index (κ2) is 8.20. The maximum atomic E-state index is 11.8. The highest BCUT2D eigenvalue weighted by molar-refractivity contribution is 14.1. The third kappa shape index (κ3) is 5.04. The maximum absolute atomic E-state index is 11.8. The number of rotatable bonds is 6. The summed E-state index contributed by atoms with van der Waals surface area (Å²) in [5, 5.41) is 4.90. The zero-order valence-electron chi connectivity index (χ0n) is 11.7. The van der Waals surface area contributed by atoms with Crippen molar-refractivity contribution in [3.8, 4) is 0 Å². The van der Waals surface area contributed by atoms with Gasteiger partial charge in [-0.1, -0.05) is 0 Å². The molecule has 0 spiro atoms. The Hall–Kier alpha value is -1.52. The minimum Gasteiger partial charge on any atom is -0.451 e. The van der Waals surface area contributed by atoms with Gasteiger partial charge in [0, 0.05) is 21.7 Å². The topological polar surface area (TPSA) is 77.5 Å². The Morgan fingerprint density at radius 1 is 1.32 bits per heavy atom. The number of halogens is 1. The van der Waals surface area contributed by atoms with E-state index in [1.54, 1.807) is 24.6 Å². The molecule has 22 heavy (non-hydrogen) atoms. The molecule has 1 N–H and O–H groups in total. The SMILES string of the molecule is COCc1nc(C(=O)OCC(=O)Nc2ccc(I)cc2)cs1. The number of carbonyl (C=O) groups excluding carboxylic acids is 2. The highest BCUT2D eigenvalue weighted by Gasteiger charge is 2.14. The number of ether oxygens (including phenoxy) is 2. The number of nitrogens with one attached hydrogen (secondary N) is 1. The third-order valence-electron chi connectivity index (χ3n) is 2.49. The first-order valence-corrected chi connectivity index (χ1v) is 8.20. The van der Waals surface area contributed by atoms with Gasteiger partial charge in [0.2, 0.25) is 0 Å². The zero-order valence-corrected chi connectivity index (χ0v) is 14.6. The monoisotopic (exact) mass is 432 g/mol. The van der Waals surface area contributed by atoms with E-state index >= 15 is 0 Å². The lowest BCUT2D eigenvalue weighted by Gasteiger charge is -2.05. The van der Waals surface area contributed by atoms with Gasteiger partial charge in [-0.2, -0.15) is 0 Å². The zero-order chi connectivity index (χ0) is 15.9. The van der Waals surface area contributed by atoms with Crippen LogP contribution in [-0.2, 0) is 20.9 Å². The van der Waals surface area contributed by atoms with Crippen molar-refractivity contribution in [1.82, 2.24) is 4.98 Å². The van der Waals surface area contributed by atoms with E-state index in [2.05, 4.69) is 32.9 Å². The number of hydrogen-bond acceptors (Lipinski definition) is 6. The maximum Gasteiger partial charge on any atom is 0.358 e. The molecule has 1 aromatic carbocycles. The molecule has 0 aliphatic heterocycles. The van der Waals surface area contributed by atoms with E-state index in [1.165, 1.54) is 11.3 Å². The van der Waals surface area contributed by atoms with Crippen molar-refractivity contribution in [3.05, 3.63) is 43.9 Å². The van der Waals surface area contributed by atoms with Crippen LogP contribution in [0.15, 0.2) is 29.6 Å². The van der Waals surface area contributed by atoms with Gasteiger partial charge in [0.1, 0.15) is 5.01 Å². The Morgan fingerprint density at radius 2 is 2.05 bits per heavy atom. The summed E-state index contributed by atoms with van der Waals surface area (Å²) in [6, 6.07) is 7.29. The number of anilines is 1. The van der Waals surface area contributed by atoms with E-state index in [1.807, 2.05) is 12.1 Å². The van der Waals surface area contributed by atoms with Crippen LogP contribution < -0.4 is 5.32 Å². The fraction of sp³-hybridized carbons (Fsp3) is 0.214. The summed E-state index contributed by atoms with van der Waals surface area (Å²) in [4.78, 5) is 27.5. The Morgan fingerprint density at radius 3 is 2.73 bits per heavy atom. The number of esters is 1. The molecule has 8 heteroatoms. The van der Waals surface area contributed by atoms with E-state index < -0.39 is 11.9 Å². The largest absolute Gasteiger partial charge is 0.451 e. The molecule has 0 aliphatic carbocycles. The molecule has 0 unspecified atom stereocenters. The number of hydrogen-bond donors (Lipinski definition) is 1. The second-order valence-corrected chi connectivity index (χ2v) is 6.38. The number of thiazole rings is 1. The molecule has 2 aromatic rings. The van der Waals surface area contributed by atoms with Gasteiger partial charge in [-0.3, -0.25) is 4.79 Å². The fourth-order valence-corrected chi connectivity index (χ4v) is 2.62. The van der Waals surface area contributed by atoms with Crippen molar-refractivity contribution >= 4 is 51.5 Å². The lowest BCUT2D eigenvalue weighted by Crippen LogP contribution is -2.21. The number of benzene rings is 1. The number of nitrogens with zero attached hydrogens (tertiary/aromatic N) is 1. The van der Waals surface area contributed by atoms with Crippen LogP contribution in [0.3, 0.4) is 0 Å². The third-order valence-corrected chi connectivity index (χ3v) is 4.03. The van der Waals surface area contributed by atoms with E-state index in [4.69, 9.17) is 9.47 Å². The van der Waals surface area contributed by atoms with E-state index in [0.29, 0.717) is 17.3 Å². The first-order chi connectivity index (χ1) is 10.6. The normalized spacial score (nSPS) is 10.3. The Kier molecular flexibility index (Phi) is 6.28. The first-order valence-electron chi connectivity index (χ1n) is 6.24. The molecule has 116 valence electrons. The van der Waals surface area contributed by atoms with Crippen LogP contribution >= 0.6 is 33.9 Å². The summed E-state index contributed by atoms with van der Waals surface area (Å²) >= 11 is 3.48. The molecule has 1 aromatic heterocycles. The van der Waals surface area contributed by atoms with Crippen molar-refractivity contribution in [1.29, 1.82) is 0 Å². The van der Waals surface area contributed by atoms with Crippen LogP contribution in [-0.4, -0.2) is 30.6 Å². The molecule has 0 aliphatic rings. The lowest BCUT2D eigenvalue weighted by atomic mass is 10.3. The van der Waals surface area contributed by atoms with Crippen LogP contribution in [0, 0.1) is 3.57 Å². The number of carbonyl (C=O) groups is 2. The summed E-state index contributed by atoms with van der Waals surface area (Å²) < 4.78 is 10.9. The van der Waals surface area contributed by atoms with Crippen molar-refractivity contribution in [2.45, 2.75) is 6.61 Å². The molecular weight excluding hydrogens is 419 g/mol. The predicted octanol–water partition coefficient (Wildman–Crippen LogP) is 2.69. The van der Waals surface area contributed by atoms with Crippen molar-refractivity contribution in [2.75, 3.05) is 19.0 Å². The molecule has 1 heterocycles. The van der Waals surface area contributed by atoms with E-state index in [-0.39, 0.29) is 12.3 Å². The average Bonchev–Trinajstić information content (AvgIpc) is 2.96. The van der Waals surface area contributed by atoms with Crippen LogP contribution in [0.5, 0.6) is 0 Å². The van der Waals surface area contributed by atoms with Gasteiger partial charge in [0.15, 0.2) is 12.3 Å². The first kappa shape index (κ1) is 16.8. The minimum absolute atomic E-state index is 0.180. The quantitative estimate of drug-likeness (QED) is 0.561. The van der Waals surface area contributed by atoms with Crippen molar-refractivity contribution < 1.29 is 19.1 Å². The van der Waals surface area contributed by atoms with Gasteiger partial charge in [0.25, 0.3) is 5.91 Å². The smallest absolute Gasteiger partial charge is 0.358 e. The average molecular weight is 432 g/mol. The van der Waals surface area contributed by atoms with Gasteiger partial charge >= 0.3 is 5.97 Å². The molecule has 0 bridgehead atoms. The number of aromatic nitrogens is 1. The van der Waals surface area contributed by atoms with Crippen molar-refractivity contribution in [3.63, 3.8) is 0 Å². The van der Waals surface area contributed by atoms with Gasteiger partial charge < -0.3 is 14.8 Å². The summed E-state index contributed by atoms with van der Waals surface area (Å²) in [5.74, 6) is -1.03. The summed E-state index contributed by atoms with van der Waals surface area (Å²) in [5.41, 5.74) is 0.830. The Bertz CT molecular complexity index is 657. The summed E-state index contributed by atoms with van der Waals surface area (Å²) in [7, 11) is 1.55. The predicted molar refractivity (Wildman–Crippen MR) is 90.9 cm³/mol. The number of methoxy groups -OCH3 is 1. The lowest BCUT2D eigenvalue weighted by molar-refractivity contribution is -0.119. The fourth-order valence-electron chi connectivity index (χ4n) is 1.53. The van der Waals surface area contributed by atoms with Gasteiger partial charge in [-0.15, -0.1) is 11.3 Å². The molecule has 0 fully saturated rings. The van der Waals surface area contributed by atoms with Crippen LogP contribution in [0.1, 0.15) is 15.5 Å². The Labute approximate surface area is 145 Å². The second-order valence-electron chi connectivity index (χ2n) is 4.19. The molecule has 0 saturated carbocycles. The van der Waals surface area contributed by atoms with Crippen LogP contribution in [0.2, 0.25) is 0 Å². The Balaban J connectivity index is 1.82. The summed E-state index contributed by atoms with van der Waals surface area (Å²) in [6.45, 7) is -0.0206. The minimum atomic E-state index is -0.628. The number of amides is 1. The molecule has 0 radical (unpaired) electrons. The summed E-state index contributed by atoms with van der Waals surface area (Å²) in [6.07, 6.45) is 0. The van der Waals surface area contributed by atoms with Crippen LogP contribution in [0.4, 0.5) is 5.69 Å². The molecule has 6 nitrogen and oxygen atoms in total. The van der Waals surface area contributed by atoms with E-state index in [0.717, 1.165) is 3.57 Å². The van der Waals surface area contributed by atoms with Gasteiger partial charge in [-0.25, -0.2) is 9.78 Å². The standard InChI is InChI=1S/C14H13IN2O4S/c1-20-7-13-17-11(8-22-13)14(19)21-6-12(18)16-10-4-2-9(15)3-5-10/h2-5,8H,6-7H2,1H3,(H,16,18). The van der Waals surface area contributed by atoms with Crippen LogP contribution in [0.25, 0.3) is 0 Å². The molecule has 1 amide bonds.